The van der Waals surface area contributed by atoms with E-state index in [1.807, 2.05) is 18.2 Å². The van der Waals surface area contributed by atoms with E-state index < -0.39 is 11.0 Å². The molecule has 1 aromatic carbocycles. The fourth-order valence-corrected chi connectivity index (χ4v) is 2.40. The molecule has 1 radical (unpaired) electrons. The molecule has 0 aliphatic carbocycles. The first-order valence-electron chi connectivity index (χ1n) is 5.10. The first kappa shape index (κ1) is 16.7. The molecule has 5 nitrogen and oxygen atoms in total. The third-order valence-electron chi connectivity index (χ3n) is 2.27. The average Bonchev–Trinajstić information content (AvgIpc) is 2.87. The standard InChI is InChI=1S/C12H7N2O3S2.Re/c13-8-11(9-4-2-1-3-5-9)10-6-7-18-12(10)14-17-19(15)16;/h1-7H;/q-1;/b11-10+,14-12-;. The van der Waals surface area contributed by atoms with Crippen LogP contribution in [0.1, 0.15) is 5.56 Å². The van der Waals surface area contributed by atoms with Crippen molar-refractivity contribution in [2.75, 3.05) is 0 Å². The summed E-state index contributed by atoms with van der Waals surface area (Å²) in [5, 5.41) is 14.8. The maximum atomic E-state index is 10.3. The van der Waals surface area contributed by atoms with Gasteiger partial charge in [-0.2, -0.15) is 5.26 Å². The van der Waals surface area contributed by atoms with Crippen molar-refractivity contribution in [3.63, 3.8) is 0 Å². The van der Waals surface area contributed by atoms with Crippen LogP contribution in [0.2, 0.25) is 0 Å². The monoisotopic (exact) mass is 478 g/mol. The molecule has 8 heteroatoms. The van der Waals surface area contributed by atoms with Crippen LogP contribution in [0.3, 0.4) is 0 Å². The molecule has 1 heterocycles. The quantitative estimate of drug-likeness (QED) is 0.380. The average molecular weight is 478 g/mol. The number of benzene rings is 1. The van der Waals surface area contributed by atoms with Gasteiger partial charge in [0.25, 0.3) is 0 Å². The third-order valence-corrected chi connectivity index (χ3v) is 3.26. The molecule has 0 unspecified atom stereocenters. The van der Waals surface area contributed by atoms with Gasteiger partial charge in [-0.3, -0.25) is 0 Å². The van der Waals surface area contributed by atoms with Crippen molar-refractivity contribution in [2.24, 2.45) is 5.16 Å². The molecule has 0 spiro atoms. The molecule has 2 rings (SSSR count). The molecule has 0 saturated heterocycles. The van der Waals surface area contributed by atoms with Gasteiger partial charge in [0.15, 0.2) is 0 Å². The predicted octanol–water partition coefficient (Wildman–Crippen LogP) is 2.78. The normalized spacial score (nSPS) is 17.7. The van der Waals surface area contributed by atoms with E-state index in [0.717, 1.165) is 5.56 Å². The minimum Gasteiger partial charge on any atom is -0.426 e. The second-order valence-corrected chi connectivity index (χ2v) is 4.81. The second kappa shape index (κ2) is 8.03. The zero-order chi connectivity index (χ0) is 13.7. The van der Waals surface area contributed by atoms with E-state index in [9.17, 15) is 13.7 Å². The van der Waals surface area contributed by atoms with Gasteiger partial charge in [0.05, 0.1) is 5.57 Å². The van der Waals surface area contributed by atoms with E-state index >= 15 is 0 Å². The summed E-state index contributed by atoms with van der Waals surface area (Å²) in [5.41, 5.74) is 1.70. The van der Waals surface area contributed by atoms with Gasteiger partial charge in [0.1, 0.15) is 22.1 Å². The first-order valence-corrected chi connectivity index (χ1v) is 6.98. The zero-order valence-electron chi connectivity index (χ0n) is 9.86. The summed E-state index contributed by atoms with van der Waals surface area (Å²) in [6, 6.07) is 11.2. The van der Waals surface area contributed by atoms with Crippen molar-refractivity contribution in [1.82, 2.24) is 0 Å². The molecule has 1 aliphatic heterocycles. The van der Waals surface area contributed by atoms with Crippen molar-refractivity contribution in [1.29, 1.82) is 5.26 Å². The SMILES string of the molecule is N#C/C(=C1/C=CS/C1=N\O[S-](=O)=O)c1ccccc1.[Re]. The van der Waals surface area contributed by atoms with Gasteiger partial charge in [-0.15, -0.1) is 0 Å². The maximum absolute atomic E-state index is 10.3. The molecule has 0 atom stereocenters. The Morgan fingerprint density at radius 1 is 1.30 bits per heavy atom. The Balaban J connectivity index is 0.00000200. The summed E-state index contributed by atoms with van der Waals surface area (Å²) in [6.07, 6.45) is 1.70. The number of rotatable bonds is 3. The Morgan fingerprint density at radius 3 is 2.60 bits per heavy atom. The van der Waals surface area contributed by atoms with Crippen molar-refractivity contribution < 1.29 is 33.1 Å². The minimum absolute atomic E-state index is 0. The largest absolute Gasteiger partial charge is 0.426 e. The zero-order valence-corrected chi connectivity index (χ0v) is 14.2. The molecule has 1 aliphatic rings. The fourth-order valence-electron chi connectivity index (χ4n) is 1.51. The Kier molecular flexibility index (Phi) is 6.70. The van der Waals surface area contributed by atoms with Gasteiger partial charge >= 0.3 is 0 Å². The summed E-state index contributed by atoms with van der Waals surface area (Å²) < 4.78 is 24.9. The number of allylic oxidation sites excluding steroid dienone is 2. The van der Waals surface area contributed by atoms with Crippen LogP contribution in [0, 0.1) is 11.3 Å². The van der Waals surface area contributed by atoms with E-state index in [1.165, 1.54) is 11.8 Å². The molecule has 103 valence electrons. The first-order chi connectivity index (χ1) is 9.22. The number of thioether (sulfide) groups is 1. The molecule has 0 fully saturated rings. The number of oxime groups is 1. The van der Waals surface area contributed by atoms with E-state index in [0.29, 0.717) is 16.2 Å². The molecular formula is C12H7N2O3ReS2-. The summed E-state index contributed by atoms with van der Waals surface area (Å²) in [6.45, 7) is 0. The number of nitrogens with zero attached hydrogens (tertiary/aromatic N) is 2. The van der Waals surface area contributed by atoms with E-state index in [1.54, 1.807) is 23.6 Å². The Morgan fingerprint density at radius 2 is 2.00 bits per heavy atom. The van der Waals surface area contributed by atoms with Crippen LogP contribution in [0.25, 0.3) is 5.57 Å². The topological polar surface area (TPSA) is 79.5 Å². The van der Waals surface area contributed by atoms with E-state index in [-0.39, 0.29) is 20.4 Å². The van der Waals surface area contributed by atoms with Crippen LogP contribution in [0.15, 0.2) is 52.5 Å². The van der Waals surface area contributed by atoms with Crippen molar-refractivity contribution in [2.45, 2.75) is 0 Å². The van der Waals surface area contributed by atoms with Crippen molar-refractivity contribution >= 4 is 33.4 Å². The van der Waals surface area contributed by atoms with Gasteiger partial charge in [-0.25, -0.2) is 0 Å². The molecule has 0 aromatic heterocycles. The summed E-state index contributed by atoms with van der Waals surface area (Å²) in [4.78, 5) is 0. The van der Waals surface area contributed by atoms with Crippen LogP contribution in [0.4, 0.5) is 0 Å². The molecule has 1 aromatic rings. The third kappa shape index (κ3) is 4.06. The van der Waals surface area contributed by atoms with Crippen LogP contribution in [0.5, 0.6) is 0 Å². The summed E-state index contributed by atoms with van der Waals surface area (Å²) >= 11 is 1.19. The molecule has 0 amide bonds. The van der Waals surface area contributed by atoms with E-state index in [4.69, 9.17) is 0 Å². The number of hydrogen-bond acceptors (Lipinski definition) is 7. The Bertz CT molecular complexity index is 680. The Hall–Kier alpha value is -1.38. The minimum atomic E-state index is -2.72. The fraction of sp³-hybridized carbons (Fsp3) is 0. The smallest absolute Gasteiger partial charge is 0.147 e. The summed E-state index contributed by atoms with van der Waals surface area (Å²) in [5.74, 6) is 0. The van der Waals surface area contributed by atoms with Gasteiger partial charge in [0, 0.05) is 26.0 Å². The molecule has 0 saturated carbocycles. The molecular weight excluding hydrogens is 470 g/mol. The number of nitriles is 1. The molecule has 0 bridgehead atoms. The van der Waals surface area contributed by atoms with Crippen molar-refractivity contribution in [3.05, 3.63) is 53.0 Å². The van der Waals surface area contributed by atoms with Crippen molar-refractivity contribution in [3.8, 4) is 6.07 Å². The van der Waals surface area contributed by atoms with Gasteiger partial charge in [-0.1, -0.05) is 47.2 Å². The Labute approximate surface area is 135 Å². The predicted molar refractivity (Wildman–Crippen MR) is 73.0 cm³/mol. The molecule has 0 N–H and O–H groups in total. The summed E-state index contributed by atoms with van der Waals surface area (Å²) in [7, 11) is -2.72. The molecule has 20 heavy (non-hydrogen) atoms. The number of hydrogen-bond donors (Lipinski definition) is 0. The van der Waals surface area contributed by atoms with Crippen LogP contribution >= 0.6 is 11.8 Å². The van der Waals surface area contributed by atoms with Gasteiger partial charge < -0.3 is 12.7 Å². The van der Waals surface area contributed by atoms with Crippen LogP contribution in [-0.4, -0.2) is 5.04 Å². The van der Waals surface area contributed by atoms with Crippen LogP contribution in [-0.2, 0) is 44.1 Å². The van der Waals surface area contributed by atoms with Gasteiger partial charge in [0.2, 0.25) is 0 Å². The van der Waals surface area contributed by atoms with Gasteiger partial charge in [-0.05, 0) is 17.0 Å². The van der Waals surface area contributed by atoms with E-state index in [2.05, 4.69) is 15.5 Å². The maximum Gasteiger partial charge on any atom is 0.147 e. The second-order valence-electron chi connectivity index (χ2n) is 3.36. The van der Waals surface area contributed by atoms with Crippen LogP contribution < -0.4 is 0 Å².